The molecule has 1 radical (unpaired) electrons. The Labute approximate surface area is 223 Å². The van der Waals surface area contributed by atoms with Gasteiger partial charge in [-0.2, -0.15) is 6.42 Å². The van der Waals surface area contributed by atoms with Crippen LogP contribution in [0.3, 0.4) is 0 Å². The Morgan fingerprint density at radius 2 is 0.903 bits per heavy atom. The first-order valence-corrected chi connectivity index (χ1v) is 13.4. The molecule has 0 nitrogen and oxygen atoms in total. The van der Waals surface area contributed by atoms with Gasteiger partial charge in [-0.15, -0.1) is 0 Å². The zero-order valence-electron chi connectivity index (χ0n) is 23.1. The van der Waals surface area contributed by atoms with Crippen LogP contribution >= 0.6 is 0 Å². The second-order valence-corrected chi connectivity index (χ2v) is 11.8. The maximum atomic E-state index is 4.09. The van der Waals surface area contributed by atoms with Crippen LogP contribution in [0.25, 0.3) is 0 Å². The summed E-state index contributed by atoms with van der Waals surface area (Å²) in [6, 6.07) is 0. The van der Waals surface area contributed by atoms with Crippen molar-refractivity contribution in [2.75, 3.05) is 0 Å². The summed E-state index contributed by atoms with van der Waals surface area (Å²) in [4.78, 5) is 0. The third-order valence-electron chi connectivity index (χ3n) is 10.7. The van der Waals surface area contributed by atoms with E-state index in [-0.39, 0.29) is 32.7 Å². The van der Waals surface area contributed by atoms with Gasteiger partial charge in [-0.05, 0) is 84.4 Å². The van der Waals surface area contributed by atoms with Crippen molar-refractivity contribution in [1.29, 1.82) is 0 Å². The van der Waals surface area contributed by atoms with Crippen molar-refractivity contribution in [3.63, 3.8) is 0 Å². The third kappa shape index (κ3) is 8.53. The maximum Gasteiger partial charge on any atom is 0 e. The third-order valence-corrected chi connectivity index (χ3v) is 10.7. The predicted molar refractivity (Wildman–Crippen MR) is 137 cm³/mol. The van der Waals surface area contributed by atoms with E-state index in [1.807, 2.05) is 0 Å². The summed E-state index contributed by atoms with van der Waals surface area (Å²) in [6.07, 6.45) is 7.75. The second kappa shape index (κ2) is 15.0. The van der Waals surface area contributed by atoms with Crippen LogP contribution in [0.5, 0.6) is 0 Å². The summed E-state index contributed by atoms with van der Waals surface area (Å²) in [5.74, 6) is 10.2. The van der Waals surface area contributed by atoms with Gasteiger partial charge in [-0.25, -0.2) is 0 Å². The summed E-state index contributed by atoms with van der Waals surface area (Å²) >= 11 is 0. The molecule has 0 heterocycles. The summed E-state index contributed by atoms with van der Waals surface area (Å²) in [7, 11) is 0. The Hall–Kier alpha value is 0.844. The molecule has 0 aromatic rings. The van der Waals surface area contributed by atoms with Crippen molar-refractivity contribution in [2.45, 2.75) is 108 Å². The summed E-state index contributed by atoms with van der Waals surface area (Å²) in [5.41, 5.74) is 1.48. The molecule has 1 heteroatoms. The van der Waals surface area contributed by atoms with Gasteiger partial charge in [0.1, 0.15) is 0 Å². The molecular formula is C30H57Y-. The quantitative estimate of drug-likeness (QED) is 0.258. The zero-order chi connectivity index (χ0) is 23.2. The Morgan fingerprint density at radius 1 is 0.613 bits per heavy atom. The van der Waals surface area contributed by atoms with Crippen LogP contribution in [0.2, 0.25) is 0 Å². The fraction of sp³-hybridized carbons (Fsp3) is 0.900. The topological polar surface area (TPSA) is 0 Å². The van der Waals surface area contributed by atoms with E-state index in [0.717, 1.165) is 71.5 Å². The fourth-order valence-corrected chi connectivity index (χ4v) is 6.53. The normalized spacial score (nSPS) is 44.5. The molecule has 3 fully saturated rings. The van der Waals surface area contributed by atoms with Crippen LogP contribution in [0.15, 0.2) is 12.2 Å². The van der Waals surface area contributed by atoms with Crippen LogP contribution in [-0.4, -0.2) is 0 Å². The summed E-state index contributed by atoms with van der Waals surface area (Å²) in [6.45, 7) is 31.9. The van der Waals surface area contributed by atoms with Crippen molar-refractivity contribution in [2.24, 2.45) is 65.1 Å². The zero-order valence-corrected chi connectivity index (χ0v) is 25.9. The van der Waals surface area contributed by atoms with Gasteiger partial charge in [0.2, 0.25) is 0 Å². The predicted octanol–water partition coefficient (Wildman–Crippen LogP) is 9.71. The molecule has 31 heavy (non-hydrogen) atoms. The molecule has 0 aromatic carbocycles. The minimum absolute atomic E-state index is 0. The molecule has 3 aliphatic carbocycles. The van der Waals surface area contributed by atoms with Crippen molar-refractivity contribution in [3.05, 3.63) is 19.1 Å². The Bertz CT molecular complexity index is 375. The second-order valence-electron chi connectivity index (χ2n) is 11.8. The summed E-state index contributed by atoms with van der Waals surface area (Å²) in [5, 5.41) is 0. The van der Waals surface area contributed by atoms with Gasteiger partial charge >= 0.3 is 0 Å². The molecule has 3 aliphatic rings. The van der Waals surface area contributed by atoms with E-state index < -0.39 is 0 Å². The van der Waals surface area contributed by atoms with Crippen molar-refractivity contribution in [3.8, 4) is 0 Å². The maximum absolute atomic E-state index is 4.09. The van der Waals surface area contributed by atoms with Crippen molar-refractivity contribution >= 4 is 0 Å². The molecule has 1 atom stereocenters. The Kier molecular flexibility index (Phi) is 15.4. The van der Waals surface area contributed by atoms with Crippen LogP contribution in [0.4, 0.5) is 0 Å². The van der Waals surface area contributed by atoms with Crippen LogP contribution < -0.4 is 0 Å². The molecule has 3 rings (SSSR count). The SMILES string of the molecule is C=C1CCCCC1CC[CH2-].CC1C(C)C(C)C(C)C1C.CC1C(C)C(C)C(C)C1C.[Y]. The van der Waals surface area contributed by atoms with Crippen molar-refractivity contribution in [1.82, 2.24) is 0 Å². The molecule has 3 saturated carbocycles. The molecule has 0 N–H and O–H groups in total. The molecule has 1 unspecified atom stereocenters. The molecule has 0 aromatic heterocycles. The number of allylic oxidation sites excluding steroid dienone is 1. The molecule has 0 aliphatic heterocycles. The smallest absolute Gasteiger partial charge is 0 e. The molecule has 0 saturated heterocycles. The van der Waals surface area contributed by atoms with Gasteiger partial charge in [-0.3, -0.25) is 0 Å². The average molecular weight is 507 g/mol. The van der Waals surface area contributed by atoms with Gasteiger partial charge in [0.05, 0.1) is 0 Å². The van der Waals surface area contributed by atoms with Crippen LogP contribution in [0, 0.1) is 72.0 Å². The number of hydrogen-bond acceptors (Lipinski definition) is 0. The Balaban J connectivity index is 0.000000429. The van der Waals surface area contributed by atoms with Crippen LogP contribution in [0.1, 0.15) is 108 Å². The van der Waals surface area contributed by atoms with E-state index in [4.69, 9.17) is 0 Å². The first-order valence-electron chi connectivity index (χ1n) is 13.4. The Morgan fingerprint density at radius 3 is 1.13 bits per heavy atom. The summed E-state index contributed by atoms with van der Waals surface area (Å²) < 4.78 is 0. The minimum Gasteiger partial charge on any atom is -0.343 e. The van der Waals surface area contributed by atoms with E-state index >= 15 is 0 Å². The van der Waals surface area contributed by atoms with E-state index in [9.17, 15) is 0 Å². The monoisotopic (exact) mass is 506 g/mol. The largest absolute Gasteiger partial charge is 0.343 e. The molecule has 181 valence electrons. The molecular weight excluding hydrogens is 449 g/mol. The first-order chi connectivity index (χ1) is 13.9. The first kappa shape index (κ1) is 31.8. The molecule has 0 bridgehead atoms. The van der Waals surface area contributed by atoms with Crippen molar-refractivity contribution < 1.29 is 32.7 Å². The van der Waals surface area contributed by atoms with E-state index in [1.54, 1.807) is 0 Å². The van der Waals surface area contributed by atoms with Crippen LogP contribution in [-0.2, 0) is 32.7 Å². The van der Waals surface area contributed by atoms with Gasteiger partial charge in [0, 0.05) is 32.7 Å². The average Bonchev–Trinajstić information content (AvgIpc) is 3.01. The number of hydrogen-bond donors (Lipinski definition) is 0. The van der Waals surface area contributed by atoms with E-state index in [0.29, 0.717) is 0 Å². The fourth-order valence-electron chi connectivity index (χ4n) is 6.53. The van der Waals surface area contributed by atoms with Gasteiger partial charge in [0.25, 0.3) is 0 Å². The van der Waals surface area contributed by atoms with Gasteiger partial charge < -0.3 is 6.92 Å². The standard InChI is InChI=1S/2C10H20.C10H17.Y/c2*1-6-7(2)9(4)10(5)8(6)3;1-3-6-10-8-5-4-7-9(10)2;/h2*6-10H,1-5H3;10H,1-8H2;/q;;-1;. The van der Waals surface area contributed by atoms with E-state index in [1.165, 1.54) is 37.7 Å². The molecule has 0 spiro atoms. The molecule has 0 amide bonds. The number of rotatable bonds is 2. The van der Waals surface area contributed by atoms with Gasteiger partial charge in [0.15, 0.2) is 0 Å². The minimum atomic E-state index is 0. The van der Waals surface area contributed by atoms with E-state index in [2.05, 4.69) is 82.7 Å². The van der Waals surface area contributed by atoms with Gasteiger partial charge in [-0.1, -0.05) is 94.2 Å².